The van der Waals surface area contributed by atoms with Gasteiger partial charge in [-0.3, -0.25) is 4.79 Å². The molecule has 1 amide bonds. The molecule has 2 heterocycles. The minimum atomic E-state index is -0.512. The highest BCUT2D eigenvalue weighted by atomic mass is 16.5. The van der Waals surface area contributed by atoms with Gasteiger partial charge in [0, 0.05) is 49.9 Å². The molecule has 4 N–H and O–H groups in total. The number of anilines is 4. The number of hydrogen-bond acceptors (Lipinski definition) is 6. The van der Waals surface area contributed by atoms with E-state index in [2.05, 4.69) is 76.0 Å². The molecule has 1 aromatic heterocycles. The smallest absolute Gasteiger partial charge is 0.252 e. The van der Waals surface area contributed by atoms with E-state index in [1.807, 2.05) is 36.4 Å². The molecule has 1 fully saturated rings. The fourth-order valence-electron chi connectivity index (χ4n) is 5.17. The van der Waals surface area contributed by atoms with Gasteiger partial charge < -0.3 is 26.0 Å². The number of nitrogens with one attached hydrogen (secondary N) is 2. The normalized spacial score (nSPS) is 13.6. The summed E-state index contributed by atoms with van der Waals surface area (Å²) in [5.74, 6) is 0.843. The van der Waals surface area contributed by atoms with E-state index in [0.29, 0.717) is 36.1 Å². The molecule has 212 valence electrons. The topological polar surface area (TPSA) is 92.5 Å². The summed E-state index contributed by atoms with van der Waals surface area (Å²) in [7, 11) is 0. The monoisotopic (exact) mass is 549 g/mol. The highest BCUT2D eigenvalue weighted by Gasteiger charge is 2.19. The maximum absolute atomic E-state index is 12.0. The van der Waals surface area contributed by atoms with Crippen LogP contribution in [0.5, 0.6) is 0 Å². The Balaban J connectivity index is 1.09. The number of carbonyl (C=O) groups is 1. The van der Waals surface area contributed by atoms with Gasteiger partial charge in [0.05, 0.1) is 17.9 Å². The average Bonchev–Trinajstić information content (AvgIpc) is 3.00. The molecule has 0 bridgehead atoms. The van der Waals surface area contributed by atoms with Crippen LogP contribution in [0.2, 0.25) is 0 Å². The zero-order chi connectivity index (χ0) is 28.4. The second-order valence-corrected chi connectivity index (χ2v) is 10.7. The molecule has 1 saturated heterocycles. The molecule has 1 aliphatic rings. The number of nitrogens with zero attached hydrogens (tertiary/aromatic N) is 2. The summed E-state index contributed by atoms with van der Waals surface area (Å²) in [6, 6.07) is 28.9. The van der Waals surface area contributed by atoms with E-state index in [9.17, 15) is 4.79 Å². The molecule has 0 unspecified atom stereocenters. The molecule has 0 saturated carbocycles. The van der Waals surface area contributed by atoms with E-state index in [4.69, 9.17) is 10.5 Å². The minimum Gasteiger partial charge on any atom is -0.380 e. The van der Waals surface area contributed by atoms with Gasteiger partial charge in [0.25, 0.3) is 5.91 Å². The number of ether oxygens (including phenoxy) is 1. The minimum absolute atomic E-state index is 0.364. The number of nitrogens with two attached hydrogens (primary N) is 1. The van der Waals surface area contributed by atoms with Gasteiger partial charge in [0.1, 0.15) is 5.82 Å². The summed E-state index contributed by atoms with van der Waals surface area (Å²) in [4.78, 5) is 18.8. The Morgan fingerprint density at radius 1 is 0.976 bits per heavy atom. The molecule has 0 atom stereocenters. The summed E-state index contributed by atoms with van der Waals surface area (Å²) >= 11 is 0. The van der Waals surface area contributed by atoms with E-state index >= 15 is 0 Å². The maximum Gasteiger partial charge on any atom is 0.252 e. The third-order valence-corrected chi connectivity index (χ3v) is 7.67. The van der Waals surface area contributed by atoms with E-state index in [0.717, 1.165) is 37.4 Å². The van der Waals surface area contributed by atoms with Crippen LogP contribution in [0.15, 0.2) is 91.1 Å². The summed E-state index contributed by atoms with van der Waals surface area (Å²) < 4.78 is 5.94. The molecule has 5 rings (SSSR count). The van der Waals surface area contributed by atoms with Crippen molar-refractivity contribution in [3.63, 3.8) is 0 Å². The number of piperidine rings is 1. The number of rotatable bonds is 12. The zero-order valence-electron chi connectivity index (χ0n) is 23.7. The molecular weight excluding hydrogens is 510 g/mol. The number of hydrogen-bond donors (Lipinski definition) is 3. The number of primary amides is 1. The second-order valence-electron chi connectivity index (χ2n) is 10.7. The Labute approximate surface area is 242 Å². The van der Waals surface area contributed by atoms with Crippen molar-refractivity contribution in [3.05, 3.63) is 113 Å². The third-order valence-electron chi connectivity index (χ3n) is 7.67. The van der Waals surface area contributed by atoms with Crippen LogP contribution < -0.4 is 21.3 Å². The Bertz CT molecular complexity index is 1400. The first-order valence-electron chi connectivity index (χ1n) is 14.4. The summed E-state index contributed by atoms with van der Waals surface area (Å²) in [6.45, 7) is 6.31. The van der Waals surface area contributed by atoms with Crippen molar-refractivity contribution in [1.29, 1.82) is 0 Å². The van der Waals surface area contributed by atoms with Gasteiger partial charge in [0.2, 0.25) is 0 Å². The van der Waals surface area contributed by atoms with Gasteiger partial charge in [-0.05, 0) is 67.5 Å². The zero-order valence-corrected chi connectivity index (χ0v) is 23.7. The van der Waals surface area contributed by atoms with Crippen LogP contribution in [0, 0.1) is 12.8 Å². The second kappa shape index (κ2) is 13.8. The lowest BCUT2D eigenvalue weighted by Gasteiger charge is -2.33. The number of pyridine rings is 1. The van der Waals surface area contributed by atoms with E-state index in [1.54, 1.807) is 0 Å². The first kappa shape index (κ1) is 28.2. The Morgan fingerprint density at radius 3 is 2.41 bits per heavy atom. The van der Waals surface area contributed by atoms with E-state index in [-0.39, 0.29) is 0 Å². The first-order chi connectivity index (χ1) is 20.0. The number of aryl methyl sites for hydroxylation is 1. The number of aromatic nitrogens is 1. The molecule has 4 aromatic rings. The fraction of sp³-hybridized carbons (Fsp3) is 0.294. The van der Waals surface area contributed by atoms with E-state index in [1.165, 1.54) is 35.9 Å². The van der Waals surface area contributed by atoms with Crippen LogP contribution in [-0.4, -0.2) is 30.6 Å². The third kappa shape index (κ3) is 8.08. The van der Waals surface area contributed by atoms with E-state index < -0.39 is 5.91 Å². The molecule has 0 spiro atoms. The maximum atomic E-state index is 12.0. The number of carbonyl (C=O) groups excluding carboxylic acids is 1. The summed E-state index contributed by atoms with van der Waals surface area (Å²) in [5, 5.41) is 6.68. The lowest BCUT2D eigenvalue weighted by Crippen LogP contribution is -2.33. The van der Waals surface area contributed by atoms with Crippen LogP contribution >= 0.6 is 0 Å². The van der Waals surface area contributed by atoms with Gasteiger partial charge in [0.15, 0.2) is 0 Å². The lowest BCUT2D eigenvalue weighted by atomic mass is 9.93. The van der Waals surface area contributed by atoms with Crippen molar-refractivity contribution in [1.82, 2.24) is 4.98 Å². The molecular formula is C34H39N5O2. The Kier molecular flexibility index (Phi) is 9.49. The predicted molar refractivity (Wildman–Crippen MR) is 167 cm³/mol. The van der Waals surface area contributed by atoms with Crippen LogP contribution in [0.4, 0.5) is 22.9 Å². The number of benzene rings is 3. The standard InChI is InChI=1S/C34H39N5O2/c1-25-7-9-28(10-8-25)24-41-20-17-26-15-18-39(19-16-26)30-13-11-29(12-14-30)38-33-21-32(31(23-37-33)34(35)40)36-22-27-5-3-2-4-6-27/h2-14,21,23,26H,15-20,22,24H2,1H3,(H2,35,40)(H2,36,37,38). The Morgan fingerprint density at radius 2 is 1.71 bits per heavy atom. The quantitative estimate of drug-likeness (QED) is 0.171. The highest BCUT2D eigenvalue weighted by Crippen LogP contribution is 2.28. The molecule has 0 radical (unpaired) electrons. The van der Waals surface area contributed by atoms with Crippen molar-refractivity contribution in [3.8, 4) is 0 Å². The molecule has 7 heteroatoms. The predicted octanol–water partition coefficient (Wildman–Crippen LogP) is 6.67. The SMILES string of the molecule is Cc1ccc(COCCC2CCN(c3ccc(Nc4cc(NCc5ccccc5)c(C(N)=O)cn4)cc3)CC2)cc1. The summed E-state index contributed by atoms with van der Waals surface area (Å²) in [6.07, 6.45) is 5.00. The van der Waals surface area contributed by atoms with Gasteiger partial charge >= 0.3 is 0 Å². The van der Waals surface area contributed by atoms with Crippen LogP contribution in [0.1, 0.15) is 46.3 Å². The molecule has 0 aliphatic carbocycles. The summed E-state index contributed by atoms with van der Waals surface area (Å²) in [5.41, 5.74) is 12.4. The average molecular weight is 550 g/mol. The van der Waals surface area contributed by atoms with Gasteiger partial charge in [-0.25, -0.2) is 4.98 Å². The van der Waals surface area contributed by atoms with Gasteiger partial charge in [-0.1, -0.05) is 60.2 Å². The van der Waals surface area contributed by atoms with Crippen LogP contribution in [-0.2, 0) is 17.9 Å². The van der Waals surface area contributed by atoms with Crippen LogP contribution in [0.25, 0.3) is 0 Å². The molecule has 41 heavy (non-hydrogen) atoms. The highest BCUT2D eigenvalue weighted by molar-refractivity contribution is 5.98. The van der Waals surface area contributed by atoms with Gasteiger partial charge in [-0.2, -0.15) is 0 Å². The molecule has 1 aliphatic heterocycles. The van der Waals surface area contributed by atoms with Gasteiger partial charge in [-0.15, -0.1) is 0 Å². The van der Waals surface area contributed by atoms with Crippen molar-refractivity contribution in [2.45, 2.75) is 39.3 Å². The van der Waals surface area contributed by atoms with Crippen LogP contribution in [0.3, 0.4) is 0 Å². The molecule has 3 aromatic carbocycles. The molecule has 7 nitrogen and oxygen atoms in total. The first-order valence-corrected chi connectivity index (χ1v) is 14.4. The largest absolute Gasteiger partial charge is 0.380 e. The number of amides is 1. The van der Waals surface area contributed by atoms with Crippen molar-refractivity contribution in [2.75, 3.05) is 35.2 Å². The van der Waals surface area contributed by atoms with Crippen molar-refractivity contribution in [2.24, 2.45) is 11.7 Å². The lowest BCUT2D eigenvalue weighted by molar-refractivity contribution is 0.100. The van der Waals surface area contributed by atoms with Crippen molar-refractivity contribution >= 4 is 28.8 Å². The fourth-order valence-corrected chi connectivity index (χ4v) is 5.17. The Hall–Kier alpha value is -4.36. The van der Waals surface area contributed by atoms with Crippen molar-refractivity contribution < 1.29 is 9.53 Å².